The molecule has 80 valence electrons. The summed E-state index contributed by atoms with van der Waals surface area (Å²) in [7, 11) is 0. The van der Waals surface area contributed by atoms with Crippen LogP contribution in [0, 0.1) is 11.8 Å². The summed E-state index contributed by atoms with van der Waals surface area (Å²) in [4.78, 5) is 10.9. The number of carbonyl (C=O) groups excluding carboxylic acids is 1. The van der Waals surface area contributed by atoms with Gasteiger partial charge < -0.3 is 0 Å². The van der Waals surface area contributed by atoms with Crippen LogP contribution in [-0.4, -0.2) is 6.29 Å². The first-order valence-electron chi connectivity index (χ1n) is 5.64. The first kappa shape index (κ1) is 10.7. The van der Waals surface area contributed by atoms with Crippen LogP contribution in [0.25, 0.3) is 0 Å². The smallest absolute Gasteiger partial charge is 0.146 e. The highest BCUT2D eigenvalue weighted by atomic mass is 16.1. The Morgan fingerprint density at radius 1 is 1.00 bits per heavy atom. The summed E-state index contributed by atoms with van der Waals surface area (Å²) < 4.78 is 0. The molecule has 0 aliphatic heterocycles. The van der Waals surface area contributed by atoms with Gasteiger partial charge in [0.1, 0.15) is 6.29 Å². The van der Waals surface area contributed by atoms with E-state index in [4.69, 9.17) is 0 Å². The normalized spacial score (nSPS) is 15.2. The van der Waals surface area contributed by atoms with Crippen LogP contribution in [-0.2, 0) is 4.79 Å². The van der Waals surface area contributed by atoms with E-state index in [9.17, 15) is 4.79 Å². The fraction of sp³-hybridized carbons (Fsp3) is 0.267. The van der Waals surface area contributed by atoms with Crippen molar-refractivity contribution in [3.05, 3.63) is 47.0 Å². The topological polar surface area (TPSA) is 17.1 Å². The second-order valence-electron chi connectivity index (χ2n) is 3.94. The highest BCUT2D eigenvalue weighted by Gasteiger charge is 2.09. The average molecular weight is 210 g/mol. The average Bonchev–Trinajstić information content (AvgIpc) is 2.38. The highest BCUT2D eigenvalue weighted by molar-refractivity contribution is 5.76. The lowest BCUT2D eigenvalue weighted by atomic mass is 9.93. The molecule has 1 aromatic rings. The van der Waals surface area contributed by atoms with E-state index >= 15 is 0 Å². The van der Waals surface area contributed by atoms with Gasteiger partial charge in [0, 0.05) is 16.7 Å². The molecule has 1 aliphatic carbocycles. The van der Waals surface area contributed by atoms with E-state index in [1.54, 1.807) is 0 Å². The molecule has 0 heterocycles. The zero-order valence-electron chi connectivity index (χ0n) is 9.20. The first-order chi connectivity index (χ1) is 7.90. The molecule has 0 saturated carbocycles. The molecule has 0 unspecified atom stereocenters. The summed E-state index contributed by atoms with van der Waals surface area (Å²) in [5, 5.41) is 0. The van der Waals surface area contributed by atoms with Gasteiger partial charge in [-0.1, -0.05) is 30.0 Å². The van der Waals surface area contributed by atoms with Crippen molar-refractivity contribution in [3.8, 4) is 11.8 Å². The Kier molecular flexibility index (Phi) is 3.56. The van der Waals surface area contributed by atoms with Crippen molar-refractivity contribution in [3.63, 3.8) is 0 Å². The molecule has 1 heteroatoms. The molecule has 1 aromatic carbocycles. The minimum absolute atomic E-state index is 0.891. The molecule has 1 aliphatic rings. The number of carbonyl (C=O) groups is 1. The van der Waals surface area contributed by atoms with Gasteiger partial charge in [0.2, 0.25) is 0 Å². The van der Waals surface area contributed by atoms with Crippen molar-refractivity contribution in [1.82, 2.24) is 0 Å². The maximum atomic E-state index is 10.9. The van der Waals surface area contributed by atoms with Gasteiger partial charge in [0.05, 0.1) is 0 Å². The number of hydrogen-bond acceptors (Lipinski definition) is 1. The number of allylic oxidation sites excluding steroid dienone is 2. The summed E-state index contributed by atoms with van der Waals surface area (Å²) in [6.07, 6.45) is 5.07. The molecule has 0 radical (unpaired) electrons. The van der Waals surface area contributed by atoms with E-state index in [1.165, 1.54) is 0 Å². The molecule has 0 atom stereocenters. The summed E-state index contributed by atoms with van der Waals surface area (Å²) in [6.45, 7) is 0. The number of aldehydes is 1. The molecule has 2 rings (SSSR count). The Morgan fingerprint density at radius 2 is 1.75 bits per heavy atom. The molecule has 16 heavy (non-hydrogen) atoms. The minimum Gasteiger partial charge on any atom is -0.298 e. The van der Waals surface area contributed by atoms with Gasteiger partial charge in [0.15, 0.2) is 0 Å². The van der Waals surface area contributed by atoms with Gasteiger partial charge >= 0.3 is 0 Å². The van der Waals surface area contributed by atoms with E-state index < -0.39 is 0 Å². The SMILES string of the molecule is O=CC1=C(C#Cc2ccccc2)CCCC1. The third kappa shape index (κ3) is 2.61. The molecule has 1 nitrogen and oxygen atoms in total. The fourth-order valence-electron chi connectivity index (χ4n) is 1.87. The Hall–Kier alpha value is -1.81. The second-order valence-corrected chi connectivity index (χ2v) is 3.94. The van der Waals surface area contributed by atoms with E-state index in [2.05, 4.69) is 11.8 Å². The number of rotatable bonds is 1. The molecule has 0 amide bonds. The van der Waals surface area contributed by atoms with Crippen LogP contribution in [0.3, 0.4) is 0 Å². The van der Waals surface area contributed by atoms with Crippen molar-refractivity contribution in [2.45, 2.75) is 25.7 Å². The van der Waals surface area contributed by atoms with Crippen molar-refractivity contribution in [2.75, 3.05) is 0 Å². The predicted molar refractivity (Wildman–Crippen MR) is 64.9 cm³/mol. The number of hydrogen-bond donors (Lipinski definition) is 0. The first-order valence-corrected chi connectivity index (χ1v) is 5.64. The molecular formula is C15H14O. The van der Waals surface area contributed by atoms with Crippen molar-refractivity contribution in [1.29, 1.82) is 0 Å². The lowest BCUT2D eigenvalue weighted by Gasteiger charge is -2.11. The molecular weight excluding hydrogens is 196 g/mol. The van der Waals surface area contributed by atoms with Gasteiger partial charge in [-0.3, -0.25) is 4.79 Å². The van der Waals surface area contributed by atoms with Crippen LogP contribution < -0.4 is 0 Å². The largest absolute Gasteiger partial charge is 0.298 e. The zero-order valence-corrected chi connectivity index (χ0v) is 9.20. The summed E-state index contributed by atoms with van der Waals surface area (Å²) in [5.41, 5.74) is 2.94. The Balaban J connectivity index is 2.24. The maximum absolute atomic E-state index is 10.9. The Bertz CT molecular complexity index is 457. The van der Waals surface area contributed by atoms with E-state index in [-0.39, 0.29) is 0 Å². The molecule has 0 N–H and O–H groups in total. The molecule has 0 aromatic heterocycles. The quantitative estimate of drug-likeness (QED) is 0.514. The van der Waals surface area contributed by atoms with Crippen LogP contribution in [0.4, 0.5) is 0 Å². The lowest BCUT2D eigenvalue weighted by Crippen LogP contribution is -1.99. The second kappa shape index (κ2) is 5.32. The maximum Gasteiger partial charge on any atom is 0.146 e. The minimum atomic E-state index is 0.891. The fourth-order valence-corrected chi connectivity index (χ4v) is 1.87. The Morgan fingerprint density at radius 3 is 2.50 bits per heavy atom. The summed E-state index contributed by atoms with van der Waals surface area (Å²) in [5.74, 6) is 6.25. The van der Waals surface area contributed by atoms with Gasteiger partial charge in [-0.2, -0.15) is 0 Å². The predicted octanol–water partition coefficient (Wildman–Crippen LogP) is 3.11. The molecule has 0 fully saturated rings. The molecule has 0 bridgehead atoms. The number of benzene rings is 1. The van der Waals surface area contributed by atoms with E-state index in [0.717, 1.165) is 48.7 Å². The van der Waals surface area contributed by atoms with Crippen molar-refractivity contribution < 1.29 is 4.79 Å². The van der Waals surface area contributed by atoms with Crippen molar-refractivity contribution in [2.24, 2.45) is 0 Å². The van der Waals surface area contributed by atoms with Crippen molar-refractivity contribution >= 4 is 6.29 Å². The van der Waals surface area contributed by atoms with Gasteiger partial charge in [-0.05, 0) is 37.8 Å². The van der Waals surface area contributed by atoms with Crippen LogP contribution in [0.15, 0.2) is 41.5 Å². The lowest BCUT2D eigenvalue weighted by molar-refractivity contribution is -0.105. The summed E-state index contributed by atoms with van der Waals surface area (Å²) in [6, 6.07) is 9.88. The van der Waals surface area contributed by atoms with Crippen LogP contribution in [0.2, 0.25) is 0 Å². The van der Waals surface area contributed by atoms with Gasteiger partial charge in [0.25, 0.3) is 0 Å². The third-order valence-corrected chi connectivity index (χ3v) is 2.78. The van der Waals surface area contributed by atoms with Crippen LogP contribution in [0.5, 0.6) is 0 Å². The van der Waals surface area contributed by atoms with Crippen LogP contribution >= 0.6 is 0 Å². The van der Waals surface area contributed by atoms with E-state index in [0.29, 0.717) is 0 Å². The Labute approximate surface area is 96.2 Å². The molecule has 0 saturated heterocycles. The van der Waals surface area contributed by atoms with Gasteiger partial charge in [-0.15, -0.1) is 0 Å². The summed E-state index contributed by atoms with van der Waals surface area (Å²) >= 11 is 0. The van der Waals surface area contributed by atoms with E-state index in [1.807, 2.05) is 30.3 Å². The molecule has 0 spiro atoms. The monoisotopic (exact) mass is 210 g/mol. The standard InChI is InChI=1S/C15H14O/c16-12-15-9-5-4-8-14(15)11-10-13-6-2-1-3-7-13/h1-3,6-7,12H,4-5,8-9H2. The third-order valence-electron chi connectivity index (χ3n) is 2.78. The highest BCUT2D eigenvalue weighted by Crippen LogP contribution is 2.22. The van der Waals surface area contributed by atoms with Crippen LogP contribution in [0.1, 0.15) is 31.2 Å². The van der Waals surface area contributed by atoms with Gasteiger partial charge in [-0.25, -0.2) is 0 Å². The zero-order chi connectivity index (χ0) is 11.2.